The molecule has 0 aliphatic carbocycles. The van der Waals surface area contributed by atoms with Crippen molar-refractivity contribution in [1.82, 2.24) is 4.98 Å². The maximum absolute atomic E-state index is 14.8. The van der Waals surface area contributed by atoms with Crippen molar-refractivity contribution in [2.45, 2.75) is 6.92 Å². The number of halogens is 2. The lowest BCUT2D eigenvalue weighted by atomic mass is 9.98. The summed E-state index contributed by atoms with van der Waals surface area (Å²) in [4.78, 5) is 15.4. The lowest BCUT2D eigenvalue weighted by Gasteiger charge is -2.13. The Morgan fingerprint density at radius 2 is 1.96 bits per heavy atom. The molecule has 0 saturated heterocycles. The largest absolute Gasteiger partial charge is 0.493 e. The second kappa shape index (κ2) is 6.09. The smallest absolute Gasteiger partial charge is 0.354 e. The Morgan fingerprint density at radius 1 is 1.21 bits per heavy atom. The van der Waals surface area contributed by atoms with Gasteiger partial charge in [0.2, 0.25) is 0 Å². The Kier molecular flexibility index (Phi) is 4.11. The van der Waals surface area contributed by atoms with Crippen LogP contribution in [-0.2, 0) is 0 Å². The summed E-state index contributed by atoms with van der Waals surface area (Å²) in [6.07, 6.45) is 0. The minimum atomic E-state index is -1.20. The summed E-state index contributed by atoms with van der Waals surface area (Å²) in [5.41, 5.74) is 1.52. The molecular formula is C18H13ClFNO3. The van der Waals surface area contributed by atoms with Gasteiger partial charge in [-0.2, -0.15) is 0 Å². The molecule has 4 nitrogen and oxygen atoms in total. The van der Waals surface area contributed by atoms with E-state index in [1.807, 2.05) is 0 Å². The van der Waals surface area contributed by atoms with Gasteiger partial charge in [-0.05, 0) is 36.2 Å². The average Bonchev–Trinajstić information content (AvgIpc) is 2.54. The van der Waals surface area contributed by atoms with Crippen molar-refractivity contribution in [2.75, 3.05) is 7.11 Å². The second-order valence-corrected chi connectivity index (χ2v) is 5.74. The van der Waals surface area contributed by atoms with Gasteiger partial charge in [0.05, 0.1) is 12.6 Å². The molecule has 0 bridgehead atoms. The number of ether oxygens (including phenoxy) is 1. The zero-order valence-electron chi connectivity index (χ0n) is 12.9. The number of fused-ring (bicyclic) bond motifs is 1. The van der Waals surface area contributed by atoms with Crippen LogP contribution in [0.1, 0.15) is 16.1 Å². The quantitative estimate of drug-likeness (QED) is 0.746. The van der Waals surface area contributed by atoms with Gasteiger partial charge in [-0.25, -0.2) is 14.2 Å². The SMILES string of the molecule is COc1c(C)ccc(-c2cc(C(=O)O)nc3cc(Cl)ccc23)c1F. The highest BCUT2D eigenvalue weighted by Crippen LogP contribution is 2.36. The molecule has 0 amide bonds. The Balaban J connectivity index is 2.39. The lowest BCUT2D eigenvalue weighted by Crippen LogP contribution is -2.02. The van der Waals surface area contributed by atoms with Crippen LogP contribution in [-0.4, -0.2) is 23.2 Å². The van der Waals surface area contributed by atoms with E-state index in [0.717, 1.165) is 0 Å². The van der Waals surface area contributed by atoms with Crippen LogP contribution < -0.4 is 4.74 Å². The van der Waals surface area contributed by atoms with E-state index in [4.69, 9.17) is 16.3 Å². The van der Waals surface area contributed by atoms with E-state index in [1.165, 1.54) is 13.2 Å². The predicted octanol–water partition coefficient (Wildman–Crippen LogP) is 4.71. The topological polar surface area (TPSA) is 59.4 Å². The lowest BCUT2D eigenvalue weighted by molar-refractivity contribution is 0.0691. The molecule has 0 atom stereocenters. The molecule has 24 heavy (non-hydrogen) atoms. The first-order valence-electron chi connectivity index (χ1n) is 7.09. The fourth-order valence-electron chi connectivity index (χ4n) is 2.65. The minimum absolute atomic E-state index is 0.128. The second-order valence-electron chi connectivity index (χ2n) is 5.30. The molecule has 1 aromatic heterocycles. The Morgan fingerprint density at radius 3 is 2.62 bits per heavy atom. The van der Waals surface area contributed by atoms with Crippen LogP contribution in [0.5, 0.6) is 5.75 Å². The normalized spacial score (nSPS) is 10.8. The molecule has 0 aliphatic rings. The van der Waals surface area contributed by atoms with E-state index in [0.29, 0.717) is 27.1 Å². The first kappa shape index (κ1) is 16.2. The van der Waals surface area contributed by atoms with Gasteiger partial charge in [-0.1, -0.05) is 29.8 Å². The zero-order chi connectivity index (χ0) is 17.4. The molecule has 0 radical (unpaired) electrons. The molecule has 0 saturated carbocycles. The maximum atomic E-state index is 14.8. The van der Waals surface area contributed by atoms with E-state index in [2.05, 4.69) is 4.98 Å². The average molecular weight is 346 g/mol. The predicted molar refractivity (Wildman–Crippen MR) is 90.4 cm³/mol. The van der Waals surface area contributed by atoms with Gasteiger partial charge in [0.1, 0.15) is 5.69 Å². The van der Waals surface area contributed by atoms with Crippen LogP contribution in [0.25, 0.3) is 22.0 Å². The summed E-state index contributed by atoms with van der Waals surface area (Å²) in [5, 5.41) is 10.3. The number of aromatic nitrogens is 1. The maximum Gasteiger partial charge on any atom is 0.354 e. The number of methoxy groups -OCH3 is 1. The van der Waals surface area contributed by atoms with Crippen molar-refractivity contribution in [1.29, 1.82) is 0 Å². The molecule has 122 valence electrons. The third-order valence-electron chi connectivity index (χ3n) is 3.78. The number of nitrogens with zero attached hydrogens (tertiary/aromatic N) is 1. The highest BCUT2D eigenvalue weighted by molar-refractivity contribution is 6.31. The van der Waals surface area contributed by atoms with Crippen molar-refractivity contribution in [3.8, 4) is 16.9 Å². The number of aromatic carboxylic acids is 1. The van der Waals surface area contributed by atoms with Crippen molar-refractivity contribution in [3.05, 3.63) is 58.5 Å². The molecule has 0 aliphatic heterocycles. The minimum Gasteiger partial charge on any atom is -0.493 e. The van der Waals surface area contributed by atoms with Crippen LogP contribution in [0.3, 0.4) is 0 Å². The number of pyridine rings is 1. The van der Waals surface area contributed by atoms with Gasteiger partial charge in [0.25, 0.3) is 0 Å². The summed E-state index contributed by atoms with van der Waals surface area (Å²) in [6.45, 7) is 1.73. The van der Waals surface area contributed by atoms with E-state index < -0.39 is 11.8 Å². The number of aryl methyl sites for hydroxylation is 1. The summed E-state index contributed by atoms with van der Waals surface area (Å²) < 4.78 is 20.0. The summed E-state index contributed by atoms with van der Waals surface area (Å²) in [5.74, 6) is -1.61. The first-order chi connectivity index (χ1) is 11.4. The molecular weight excluding hydrogens is 333 g/mol. The van der Waals surface area contributed by atoms with E-state index in [9.17, 15) is 14.3 Å². The molecule has 3 rings (SSSR count). The van der Waals surface area contributed by atoms with Gasteiger partial charge in [-0.15, -0.1) is 0 Å². The summed E-state index contributed by atoms with van der Waals surface area (Å²) in [6, 6.07) is 9.57. The molecule has 0 spiro atoms. The molecule has 1 N–H and O–H groups in total. The highest BCUT2D eigenvalue weighted by Gasteiger charge is 2.18. The number of rotatable bonds is 3. The standard InChI is InChI=1S/C18H13ClFNO3/c1-9-3-5-12(16(20)17(9)24-2)13-8-15(18(22)23)21-14-7-10(19)4-6-11(13)14/h3-8H,1-2H3,(H,22,23). The third kappa shape index (κ3) is 2.67. The van der Waals surface area contributed by atoms with Crippen LogP contribution in [0.15, 0.2) is 36.4 Å². The van der Waals surface area contributed by atoms with E-state index in [-0.39, 0.29) is 17.0 Å². The van der Waals surface area contributed by atoms with Gasteiger partial charge in [0.15, 0.2) is 11.6 Å². The van der Waals surface area contributed by atoms with Crippen molar-refractivity contribution in [3.63, 3.8) is 0 Å². The molecule has 1 heterocycles. The molecule has 2 aromatic carbocycles. The Labute approximate surface area is 142 Å². The Bertz CT molecular complexity index is 972. The third-order valence-corrected chi connectivity index (χ3v) is 4.01. The fourth-order valence-corrected chi connectivity index (χ4v) is 2.81. The molecule has 0 fully saturated rings. The van der Waals surface area contributed by atoms with Gasteiger partial charge in [-0.3, -0.25) is 0 Å². The first-order valence-corrected chi connectivity index (χ1v) is 7.47. The van der Waals surface area contributed by atoms with Gasteiger partial charge >= 0.3 is 5.97 Å². The number of carboxylic acids is 1. The fraction of sp³-hybridized carbons (Fsp3) is 0.111. The van der Waals surface area contributed by atoms with Crippen molar-refractivity contribution >= 4 is 28.5 Å². The summed E-state index contributed by atoms with van der Waals surface area (Å²) >= 11 is 5.97. The van der Waals surface area contributed by atoms with Crippen LogP contribution >= 0.6 is 11.6 Å². The Hall–Kier alpha value is -2.66. The molecule has 3 aromatic rings. The monoisotopic (exact) mass is 345 g/mol. The zero-order valence-corrected chi connectivity index (χ0v) is 13.7. The number of hydrogen-bond acceptors (Lipinski definition) is 3. The molecule has 6 heteroatoms. The number of hydrogen-bond donors (Lipinski definition) is 1. The highest BCUT2D eigenvalue weighted by atomic mass is 35.5. The van der Waals surface area contributed by atoms with Gasteiger partial charge < -0.3 is 9.84 Å². The number of carboxylic acid groups (broad SMARTS) is 1. The van der Waals surface area contributed by atoms with Crippen LogP contribution in [0.2, 0.25) is 5.02 Å². The van der Waals surface area contributed by atoms with Crippen LogP contribution in [0, 0.1) is 12.7 Å². The van der Waals surface area contributed by atoms with Crippen molar-refractivity contribution in [2.24, 2.45) is 0 Å². The van der Waals surface area contributed by atoms with E-state index in [1.54, 1.807) is 37.3 Å². The van der Waals surface area contributed by atoms with Crippen LogP contribution in [0.4, 0.5) is 4.39 Å². The van der Waals surface area contributed by atoms with Gasteiger partial charge in [0, 0.05) is 16.0 Å². The summed E-state index contributed by atoms with van der Waals surface area (Å²) in [7, 11) is 1.39. The number of carbonyl (C=O) groups is 1. The van der Waals surface area contributed by atoms with E-state index >= 15 is 0 Å². The molecule has 0 unspecified atom stereocenters. The van der Waals surface area contributed by atoms with Crippen molar-refractivity contribution < 1.29 is 19.0 Å². The number of benzene rings is 2.